The zero-order valence-corrected chi connectivity index (χ0v) is 12.2. The molecule has 0 unspecified atom stereocenters. The number of fused-ring (bicyclic) bond motifs is 1. The Morgan fingerprint density at radius 3 is 2.75 bits per heavy atom. The minimum absolute atomic E-state index is 0.748. The van der Waals surface area contributed by atoms with Gasteiger partial charge in [0.05, 0.1) is 13.2 Å². The Labute approximate surface area is 120 Å². The van der Waals surface area contributed by atoms with Crippen LogP contribution < -0.4 is 5.32 Å². The zero-order valence-electron chi connectivity index (χ0n) is 12.2. The fourth-order valence-electron chi connectivity index (χ4n) is 2.71. The smallest absolute Gasteiger partial charge is 0.0725 e. The van der Waals surface area contributed by atoms with Crippen LogP contribution in [0.2, 0.25) is 0 Å². The monoisotopic (exact) mass is 267 g/mol. The number of nitrogens with one attached hydrogen (secondary N) is 1. The average molecular weight is 267 g/mol. The normalized spacial score (nSPS) is 13.5. The molecular formula is C18H21NO. The summed E-state index contributed by atoms with van der Waals surface area (Å²) in [4.78, 5) is 0. The highest BCUT2D eigenvalue weighted by Crippen LogP contribution is 2.29. The number of benzene rings is 2. The van der Waals surface area contributed by atoms with Gasteiger partial charge in [-0.1, -0.05) is 42.8 Å². The lowest BCUT2D eigenvalue weighted by Gasteiger charge is -2.12. The van der Waals surface area contributed by atoms with Crippen molar-refractivity contribution in [1.29, 1.82) is 0 Å². The van der Waals surface area contributed by atoms with Gasteiger partial charge in [-0.15, -0.1) is 0 Å². The molecule has 0 spiro atoms. The third-order valence-corrected chi connectivity index (χ3v) is 3.86. The Morgan fingerprint density at radius 2 is 1.90 bits per heavy atom. The topological polar surface area (TPSA) is 21.3 Å². The fourth-order valence-corrected chi connectivity index (χ4v) is 2.71. The Hall–Kier alpha value is -1.64. The molecule has 0 aliphatic carbocycles. The van der Waals surface area contributed by atoms with E-state index in [9.17, 15) is 0 Å². The maximum atomic E-state index is 5.51. The standard InChI is InChI=1S/C18H21NO/c1-3-19-10-15-5-4-13(2)8-18(15)14-6-7-16-11-20-12-17(16)9-14/h4-9,19H,3,10-12H2,1-2H3. The van der Waals surface area contributed by atoms with Gasteiger partial charge in [0, 0.05) is 6.54 Å². The molecule has 0 fully saturated rings. The lowest BCUT2D eigenvalue weighted by atomic mass is 9.95. The lowest BCUT2D eigenvalue weighted by molar-refractivity contribution is 0.134. The first-order valence-corrected chi connectivity index (χ1v) is 7.28. The molecule has 0 bridgehead atoms. The van der Waals surface area contributed by atoms with E-state index >= 15 is 0 Å². The summed E-state index contributed by atoms with van der Waals surface area (Å²) >= 11 is 0. The van der Waals surface area contributed by atoms with Gasteiger partial charge in [0.25, 0.3) is 0 Å². The molecule has 1 N–H and O–H groups in total. The first kappa shape index (κ1) is 13.3. The van der Waals surface area contributed by atoms with Gasteiger partial charge in [0.15, 0.2) is 0 Å². The Balaban J connectivity index is 2.01. The summed E-state index contributed by atoms with van der Waals surface area (Å²) in [5, 5.41) is 3.42. The summed E-state index contributed by atoms with van der Waals surface area (Å²) in [5.74, 6) is 0. The predicted octanol–water partition coefficient (Wildman–Crippen LogP) is 3.80. The maximum Gasteiger partial charge on any atom is 0.0725 e. The van der Waals surface area contributed by atoms with Gasteiger partial charge in [-0.3, -0.25) is 0 Å². The van der Waals surface area contributed by atoms with Crippen LogP contribution in [0.5, 0.6) is 0 Å². The van der Waals surface area contributed by atoms with Crippen molar-refractivity contribution < 1.29 is 4.74 Å². The van der Waals surface area contributed by atoms with Crippen LogP contribution in [0.15, 0.2) is 36.4 Å². The molecule has 2 aromatic rings. The van der Waals surface area contributed by atoms with Crippen molar-refractivity contribution in [2.24, 2.45) is 0 Å². The van der Waals surface area contributed by atoms with Gasteiger partial charge in [-0.05, 0) is 47.4 Å². The molecule has 104 valence electrons. The van der Waals surface area contributed by atoms with Gasteiger partial charge in [0.1, 0.15) is 0 Å². The third kappa shape index (κ3) is 2.62. The minimum atomic E-state index is 0.748. The molecular weight excluding hydrogens is 246 g/mol. The van der Waals surface area contributed by atoms with Gasteiger partial charge < -0.3 is 10.1 Å². The number of aryl methyl sites for hydroxylation is 1. The maximum absolute atomic E-state index is 5.51. The van der Waals surface area contributed by atoms with Crippen LogP contribution in [0.25, 0.3) is 11.1 Å². The van der Waals surface area contributed by atoms with Crippen LogP contribution in [0.4, 0.5) is 0 Å². The second kappa shape index (κ2) is 5.78. The highest BCUT2D eigenvalue weighted by molar-refractivity contribution is 5.69. The van der Waals surface area contributed by atoms with Crippen molar-refractivity contribution in [3.63, 3.8) is 0 Å². The highest BCUT2D eigenvalue weighted by atomic mass is 16.5. The lowest BCUT2D eigenvalue weighted by Crippen LogP contribution is -2.12. The van der Waals surface area contributed by atoms with Crippen LogP contribution in [0.1, 0.15) is 29.2 Å². The predicted molar refractivity (Wildman–Crippen MR) is 82.5 cm³/mol. The SMILES string of the molecule is CCNCc1ccc(C)cc1-c1ccc2c(c1)COC2. The molecule has 0 radical (unpaired) electrons. The molecule has 2 nitrogen and oxygen atoms in total. The first-order valence-electron chi connectivity index (χ1n) is 7.28. The molecule has 0 saturated heterocycles. The molecule has 1 aliphatic rings. The number of rotatable bonds is 4. The van der Waals surface area contributed by atoms with Crippen molar-refractivity contribution in [3.05, 3.63) is 58.7 Å². The molecule has 0 amide bonds. The summed E-state index contributed by atoms with van der Waals surface area (Å²) in [6.45, 7) is 7.70. The number of ether oxygens (including phenoxy) is 1. The van der Waals surface area contributed by atoms with Crippen LogP contribution in [0.3, 0.4) is 0 Å². The van der Waals surface area contributed by atoms with Crippen LogP contribution in [0, 0.1) is 6.92 Å². The van der Waals surface area contributed by atoms with Crippen molar-refractivity contribution in [2.75, 3.05) is 6.54 Å². The Morgan fingerprint density at radius 1 is 1.05 bits per heavy atom. The van der Waals surface area contributed by atoms with E-state index in [2.05, 4.69) is 55.6 Å². The van der Waals surface area contributed by atoms with Crippen LogP contribution in [-0.2, 0) is 24.5 Å². The zero-order chi connectivity index (χ0) is 13.9. The molecule has 20 heavy (non-hydrogen) atoms. The molecule has 1 aliphatic heterocycles. The number of hydrogen-bond acceptors (Lipinski definition) is 2. The molecule has 2 aromatic carbocycles. The van der Waals surface area contributed by atoms with E-state index in [1.54, 1.807) is 0 Å². The van der Waals surface area contributed by atoms with E-state index in [1.807, 2.05) is 0 Å². The highest BCUT2D eigenvalue weighted by Gasteiger charge is 2.13. The summed E-state index contributed by atoms with van der Waals surface area (Å²) in [6.07, 6.45) is 0. The van der Waals surface area contributed by atoms with Crippen molar-refractivity contribution in [1.82, 2.24) is 5.32 Å². The van der Waals surface area contributed by atoms with E-state index in [-0.39, 0.29) is 0 Å². The molecule has 1 heterocycles. The van der Waals surface area contributed by atoms with E-state index in [1.165, 1.54) is 33.4 Å². The summed E-state index contributed by atoms with van der Waals surface area (Å²) in [6, 6.07) is 13.4. The average Bonchev–Trinajstić information content (AvgIpc) is 2.93. The molecule has 0 aromatic heterocycles. The second-order valence-electron chi connectivity index (χ2n) is 5.42. The summed E-state index contributed by atoms with van der Waals surface area (Å²) in [5.41, 5.74) is 7.95. The van der Waals surface area contributed by atoms with Crippen molar-refractivity contribution in [2.45, 2.75) is 33.6 Å². The third-order valence-electron chi connectivity index (χ3n) is 3.86. The van der Waals surface area contributed by atoms with E-state index in [4.69, 9.17) is 4.74 Å². The van der Waals surface area contributed by atoms with Crippen LogP contribution >= 0.6 is 0 Å². The van der Waals surface area contributed by atoms with E-state index in [0.717, 1.165) is 26.3 Å². The molecule has 0 saturated carbocycles. The molecule has 0 atom stereocenters. The quantitative estimate of drug-likeness (QED) is 0.909. The summed E-state index contributed by atoms with van der Waals surface area (Å²) < 4.78 is 5.51. The summed E-state index contributed by atoms with van der Waals surface area (Å²) in [7, 11) is 0. The second-order valence-corrected chi connectivity index (χ2v) is 5.42. The van der Waals surface area contributed by atoms with E-state index < -0.39 is 0 Å². The fraction of sp³-hybridized carbons (Fsp3) is 0.333. The van der Waals surface area contributed by atoms with Gasteiger partial charge in [-0.25, -0.2) is 0 Å². The van der Waals surface area contributed by atoms with Crippen LogP contribution in [-0.4, -0.2) is 6.54 Å². The number of hydrogen-bond donors (Lipinski definition) is 1. The largest absolute Gasteiger partial charge is 0.372 e. The Kier molecular flexibility index (Phi) is 3.86. The first-order chi connectivity index (χ1) is 9.78. The molecule has 2 heteroatoms. The molecule has 3 rings (SSSR count). The van der Waals surface area contributed by atoms with Gasteiger partial charge in [0.2, 0.25) is 0 Å². The van der Waals surface area contributed by atoms with Crippen molar-refractivity contribution >= 4 is 0 Å². The van der Waals surface area contributed by atoms with E-state index in [0.29, 0.717) is 0 Å². The van der Waals surface area contributed by atoms with Crippen molar-refractivity contribution in [3.8, 4) is 11.1 Å². The van der Waals surface area contributed by atoms with Gasteiger partial charge >= 0.3 is 0 Å². The van der Waals surface area contributed by atoms with Gasteiger partial charge in [-0.2, -0.15) is 0 Å². The minimum Gasteiger partial charge on any atom is -0.372 e. The Bertz CT molecular complexity index is 619.